The SMILES string of the molecule is N[C@H](C(=O)OCc1ccccc1)[C@@H](c1ccccc1)c1c[nH]c2ccccc12. The molecular weight excluding hydrogens is 348 g/mol. The van der Waals surface area contributed by atoms with Gasteiger partial charge in [-0.1, -0.05) is 78.9 Å². The van der Waals surface area contributed by atoms with Crippen molar-refractivity contribution >= 4 is 16.9 Å². The number of carbonyl (C=O) groups is 1. The molecular formula is C24H22N2O2. The number of carbonyl (C=O) groups excluding carboxylic acids is 1. The van der Waals surface area contributed by atoms with E-state index in [2.05, 4.69) is 4.98 Å². The molecule has 0 fully saturated rings. The van der Waals surface area contributed by atoms with Gasteiger partial charge in [-0.3, -0.25) is 4.79 Å². The minimum atomic E-state index is -0.815. The van der Waals surface area contributed by atoms with Gasteiger partial charge in [0.25, 0.3) is 0 Å². The van der Waals surface area contributed by atoms with Crippen molar-refractivity contribution in [2.75, 3.05) is 0 Å². The largest absolute Gasteiger partial charge is 0.460 e. The zero-order chi connectivity index (χ0) is 19.3. The summed E-state index contributed by atoms with van der Waals surface area (Å²) in [6.07, 6.45) is 1.94. The Morgan fingerprint density at radius 1 is 0.893 bits per heavy atom. The number of para-hydroxylation sites is 1. The van der Waals surface area contributed by atoms with E-state index in [1.54, 1.807) is 0 Å². The molecule has 4 aromatic rings. The second kappa shape index (κ2) is 8.11. The minimum Gasteiger partial charge on any atom is -0.460 e. The third-order valence-corrected chi connectivity index (χ3v) is 4.97. The van der Waals surface area contributed by atoms with E-state index in [1.807, 2.05) is 91.1 Å². The molecule has 0 saturated carbocycles. The maximum atomic E-state index is 12.8. The Morgan fingerprint density at radius 3 is 2.29 bits per heavy atom. The summed E-state index contributed by atoms with van der Waals surface area (Å²) in [6, 6.07) is 26.7. The van der Waals surface area contributed by atoms with Crippen LogP contribution in [-0.4, -0.2) is 17.0 Å². The Hall–Kier alpha value is -3.37. The summed E-state index contributed by atoms with van der Waals surface area (Å²) in [4.78, 5) is 16.1. The number of hydrogen-bond acceptors (Lipinski definition) is 3. The smallest absolute Gasteiger partial charge is 0.324 e. The van der Waals surface area contributed by atoms with E-state index in [0.29, 0.717) is 0 Å². The van der Waals surface area contributed by atoms with Gasteiger partial charge in [0.2, 0.25) is 0 Å². The minimum absolute atomic E-state index is 0.211. The first-order chi connectivity index (χ1) is 13.7. The Balaban J connectivity index is 1.64. The maximum Gasteiger partial charge on any atom is 0.324 e. The van der Waals surface area contributed by atoms with E-state index in [0.717, 1.165) is 27.6 Å². The molecule has 0 radical (unpaired) electrons. The molecule has 3 aromatic carbocycles. The summed E-state index contributed by atoms with van der Waals surface area (Å²) in [6.45, 7) is 0.211. The monoisotopic (exact) mass is 370 g/mol. The summed E-state index contributed by atoms with van der Waals surface area (Å²) >= 11 is 0. The van der Waals surface area contributed by atoms with Crippen LogP contribution in [0.3, 0.4) is 0 Å². The summed E-state index contributed by atoms with van der Waals surface area (Å²) < 4.78 is 5.53. The molecule has 0 spiro atoms. The molecule has 28 heavy (non-hydrogen) atoms. The average Bonchev–Trinajstić information content (AvgIpc) is 3.17. The number of ether oxygens (including phenoxy) is 1. The number of hydrogen-bond donors (Lipinski definition) is 2. The number of nitrogens with one attached hydrogen (secondary N) is 1. The van der Waals surface area contributed by atoms with Gasteiger partial charge in [-0.2, -0.15) is 0 Å². The van der Waals surface area contributed by atoms with Gasteiger partial charge in [-0.15, -0.1) is 0 Å². The molecule has 4 heteroatoms. The van der Waals surface area contributed by atoms with E-state index >= 15 is 0 Å². The quantitative estimate of drug-likeness (QED) is 0.495. The van der Waals surface area contributed by atoms with E-state index < -0.39 is 12.0 Å². The van der Waals surface area contributed by atoms with Crippen molar-refractivity contribution in [1.82, 2.24) is 4.98 Å². The second-order valence-corrected chi connectivity index (χ2v) is 6.80. The highest BCUT2D eigenvalue weighted by molar-refractivity contribution is 5.86. The lowest BCUT2D eigenvalue weighted by Gasteiger charge is -2.23. The van der Waals surface area contributed by atoms with Crippen molar-refractivity contribution in [2.45, 2.75) is 18.6 Å². The van der Waals surface area contributed by atoms with Gasteiger partial charge >= 0.3 is 5.97 Å². The molecule has 140 valence electrons. The van der Waals surface area contributed by atoms with Gasteiger partial charge in [0, 0.05) is 23.0 Å². The Kier molecular flexibility index (Phi) is 5.22. The zero-order valence-corrected chi connectivity index (χ0v) is 15.4. The maximum absolute atomic E-state index is 12.8. The van der Waals surface area contributed by atoms with Crippen molar-refractivity contribution in [3.63, 3.8) is 0 Å². The molecule has 0 aliphatic carbocycles. The summed E-state index contributed by atoms with van der Waals surface area (Å²) in [5, 5.41) is 1.06. The first kappa shape index (κ1) is 18.0. The van der Waals surface area contributed by atoms with Crippen molar-refractivity contribution in [3.05, 3.63) is 108 Å². The predicted octanol–water partition coefficient (Wildman–Crippen LogP) is 4.37. The van der Waals surface area contributed by atoms with Crippen molar-refractivity contribution in [1.29, 1.82) is 0 Å². The highest BCUT2D eigenvalue weighted by Crippen LogP contribution is 2.33. The third-order valence-electron chi connectivity index (χ3n) is 4.97. The van der Waals surface area contributed by atoms with Gasteiger partial charge in [-0.25, -0.2) is 0 Å². The molecule has 1 aromatic heterocycles. The lowest BCUT2D eigenvalue weighted by atomic mass is 9.85. The summed E-state index contributed by atoms with van der Waals surface area (Å²) in [7, 11) is 0. The normalized spacial score (nSPS) is 13.2. The van der Waals surface area contributed by atoms with Crippen LogP contribution in [0.4, 0.5) is 0 Å². The molecule has 0 unspecified atom stereocenters. The van der Waals surface area contributed by atoms with Crippen LogP contribution in [0.15, 0.2) is 91.1 Å². The standard InChI is InChI=1S/C24H22N2O2/c25-23(24(27)28-16-17-9-3-1-4-10-17)22(18-11-5-2-6-12-18)20-15-26-21-14-8-7-13-19(20)21/h1-15,22-23,26H,16,25H2/t22-,23-/m0/s1. The fraction of sp³-hybridized carbons (Fsp3) is 0.125. The van der Waals surface area contributed by atoms with Gasteiger partial charge in [0.15, 0.2) is 0 Å². The molecule has 4 rings (SSSR count). The van der Waals surface area contributed by atoms with Crippen LogP contribution < -0.4 is 5.73 Å². The number of fused-ring (bicyclic) bond motifs is 1. The summed E-state index contributed by atoms with van der Waals surface area (Å²) in [5.41, 5.74) is 10.4. The van der Waals surface area contributed by atoms with Crippen LogP contribution in [0.25, 0.3) is 10.9 Å². The van der Waals surface area contributed by atoms with Gasteiger partial charge in [0.05, 0.1) is 0 Å². The number of rotatable bonds is 6. The van der Waals surface area contributed by atoms with Gasteiger partial charge in [0.1, 0.15) is 12.6 Å². The van der Waals surface area contributed by atoms with E-state index in [9.17, 15) is 4.79 Å². The van der Waals surface area contributed by atoms with E-state index in [4.69, 9.17) is 10.5 Å². The van der Waals surface area contributed by atoms with Crippen LogP contribution in [0.5, 0.6) is 0 Å². The van der Waals surface area contributed by atoms with Gasteiger partial charge in [-0.05, 0) is 22.8 Å². The van der Waals surface area contributed by atoms with Crippen LogP contribution in [0, 0.1) is 0 Å². The number of H-pyrrole nitrogens is 1. The number of benzene rings is 3. The zero-order valence-electron chi connectivity index (χ0n) is 15.4. The Bertz CT molecular complexity index is 1060. The fourth-order valence-electron chi connectivity index (χ4n) is 3.55. The molecule has 2 atom stereocenters. The van der Waals surface area contributed by atoms with E-state index in [1.165, 1.54) is 0 Å². The molecule has 0 aliphatic rings. The average molecular weight is 370 g/mol. The highest BCUT2D eigenvalue weighted by Gasteiger charge is 2.30. The highest BCUT2D eigenvalue weighted by atomic mass is 16.5. The molecule has 0 bridgehead atoms. The fourth-order valence-corrected chi connectivity index (χ4v) is 3.55. The Morgan fingerprint density at radius 2 is 1.54 bits per heavy atom. The number of nitrogens with two attached hydrogens (primary N) is 1. The molecule has 0 aliphatic heterocycles. The number of aromatic amines is 1. The summed E-state index contributed by atoms with van der Waals surface area (Å²) in [5.74, 6) is -0.719. The predicted molar refractivity (Wildman–Crippen MR) is 111 cm³/mol. The van der Waals surface area contributed by atoms with Crippen LogP contribution in [0.1, 0.15) is 22.6 Å². The van der Waals surface area contributed by atoms with Crippen LogP contribution >= 0.6 is 0 Å². The molecule has 0 amide bonds. The van der Waals surface area contributed by atoms with Crippen molar-refractivity contribution < 1.29 is 9.53 Å². The van der Waals surface area contributed by atoms with Crippen LogP contribution in [-0.2, 0) is 16.1 Å². The number of esters is 1. The lowest BCUT2D eigenvalue weighted by molar-refractivity contribution is -0.146. The van der Waals surface area contributed by atoms with Crippen molar-refractivity contribution in [2.24, 2.45) is 5.73 Å². The molecule has 4 nitrogen and oxygen atoms in total. The second-order valence-electron chi connectivity index (χ2n) is 6.80. The molecule has 0 saturated heterocycles. The van der Waals surface area contributed by atoms with Crippen LogP contribution in [0.2, 0.25) is 0 Å². The molecule has 1 heterocycles. The van der Waals surface area contributed by atoms with Crippen molar-refractivity contribution in [3.8, 4) is 0 Å². The van der Waals surface area contributed by atoms with Gasteiger partial charge < -0.3 is 15.5 Å². The Labute approximate surface area is 164 Å². The first-order valence-electron chi connectivity index (χ1n) is 9.31. The topological polar surface area (TPSA) is 68.1 Å². The van der Waals surface area contributed by atoms with E-state index in [-0.39, 0.29) is 12.5 Å². The first-order valence-corrected chi connectivity index (χ1v) is 9.31. The number of aromatic nitrogens is 1. The lowest BCUT2D eigenvalue weighted by Crippen LogP contribution is -2.38. The third kappa shape index (κ3) is 3.68. The molecule has 3 N–H and O–H groups in total.